The fourth-order valence-electron chi connectivity index (χ4n) is 7.59. The summed E-state index contributed by atoms with van der Waals surface area (Å²) >= 11 is 0. The second-order valence-electron chi connectivity index (χ2n) is 14.3. The second-order valence-corrected chi connectivity index (χ2v) is 14.3. The van der Waals surface area contributed by atoms with E-state index in [9.17, 15) is 54.6 Å². The third-order valence-electron chi connectivity index (χ3n) is 10.5. The molecule has 15 nitrogen and oxygen atoms in total. The van der Waals surface area contributed by atoms with Crippen molar-refractivity contribution in [2.24, 2.45) is 0 Å². The molecule has 5 aliphatic rings. The maximum atomic E-state index is 13.8. The quantitative estimate of drug-likeness (QED) is 0.132. The SMILES string of the molecule is C[C@@H]1O[C@](C)(C(=O)O)O[C@H]1/C=C/C=C/C=C/C(=O)OC1CC[C@H](c2ccc3c(c2O)C(=O)C2=C(C3=O)[C@]3(O)C(=O)[C@H](O)[C@](C)(O)C[C@@]3(O)C=C2)O[C@@H]1C. The van der Waals surface area contributed by atoms with Crippen molar-refractivity contribution in [3.05, 3.63) is 88.6 Å². The Morgan fingerprint density at radius 2 is 1.64 bits per heavy atom. The third kappa shape index (κ3) is 6.21. The first kappa shape index (κ1) is 38.1. The van der Waals surface area contributed by atoms with E-state index in [4.69, 9.17) is 18.9 Å². The number of hydrogen-bond donors (Lipinski definition) is 6. The highest BCUT2D eigenvalue weighted by Crippen LogP contribution is 2.52. The molecule has 1 aromatic rings. The average molecular weight is 737 g/mol. The number of aliphatic hydroxyl groups is 4. The molecule has 3 fully saturated rings. The molecule has 1 unspecified atom stereocenters. The number of esters is 1. The number of carbonyl (C=O) groups excluding carboxylic acids is 4. The van der Waals surface area contributed by atoms with Crippen LogP contribution in [0.1, 0.15) is 79.3 Å². The Morgan fingerprint density at radius 1 is 0.943 bits per heavy atom. The molecule has 2 heterocycles. The van der Waals surface area contributed by atoms with Gasteiger partial charge in [0.15, 0.2) is 17.2 Å². The van der Waals surface area contributed by atoms with Crippen LogP contribution in [-0.4, -0.2) is 113 Å². The Morgan fingerprint density at radius 3 is 2.30 bits per heavy atom. The van der Waals surface area contributed by atoms with Gasteiger partial charge in [-0.3, -0.25) is 14.4 Å². The molecule has 0 radical (unpaired) electrons. The standard InChI is InChI=1S/C38H40O15/c1-18-23(51-26(39)10-8-6-5-7-9-24-19(2)52-36(4,53-24)34(45)46)13-14-25(50-18)20-11-12-21-27(29(20)40)30(41)22-15-16-37(48)17-35(3,47)32(43)33(44)38(37,49)28(22)31(21)42/h5-12,15-16,18-19,23-25,32,40,43,47-49H,13-14,17H2,1-4H3,(H,45,46)/b6-5+,9-7+,10-8+/t18-,19+,23?,24+,25-,32+,35-,36+,37+,38+/m1/s1. The van der Waals surface area contributed by atoms with E-state index in [1.165, 1.54) is 31.2 Å². The van der Waals surface area contributed by atoms with E-state index in [2.05, 4.69) is 0 Å². The van der Waals surface area contributed by atoms with Crippen molar-refractivity contribution in [2.75, 3.05) is 0 Å². The summed E-state index contributed by atoms with van der Waals surface area (Å²) < 4.78 is 22.5. The van der Waals surface area contributed by atoms with Crippen LogP contribution in [0.25, 0.3) is 0 Å². The molecule has 10 atom stereocenters. The molecule has 0 aromatic heterocycles. The van der Waals surface area contributed by atoms with Gasteiger partial charge in [-0.1, -0.05) is 42.5 Å². The molecule has 0 amide bonds. The number of ether oxygens (including phenoxy) is 4. The van der Waals surface area contributed by atoms with Crippen molar-refractivity contribution < 1.29 is 73.6 Å². The molecule has 3 aliphatic carbocycles. The highest BCUT2D eigenvalue weighted by molar-refractivity contribution is 6.32. The van der Waals surface area contributed by atoms with Gasteiger partial charge in [-0.15, -0.1) is 0 Å². The van der Waals surface area contributed by atoms with Gasteiger partial charge in [0.25, 0.3) is 5.79 Å². The van der Waals surface area contributed by atoms with Crippen molar-refractivity contribution in [1.82, 2.24) is 0 Å². The van der Waals surface area contributed by atoms with E-state index in [1.54, 1.807) is 38.2 Å². The van der Waals surface area contributed by atoms with Crippen molar-refractivity contribution in [1.29, 1.82) is 0 Å². The zero-order valence-corrected chi connectivity index (χ0v) is 29.2. The van der Waals surface area contributed by atoms with Crippen LogP contribution in [0.15, 0.2) is 71.9 Å². The Balaban J connectivity index is 1.10. The van der Waals surface area contributed by atoms with Crippen LogP contribution < -0.4 is 0 Å². The Labute approximate surface area is 303 Å². The van der Waals surface area contributed by atoms with Gasteiger partial charge in [0.1, 0.15) is 29.7 Å². The van der Waals surface area contributed by atoms with E-state index in [-0.39, 0.29) is 17.5 Å². The van der Waals surface area contributed by atoms with E-state index in [0.29, 0.717) is 6.42 Å². The average Bonchev–Trinajstić information content (AvgIpc) is 3.39. The molecule has 6 rings (SSSR count). The van der Waals surface area contributed by atoms with Crippen molar-refractivity contribution in [2.45, 2.75) is 106 Å². The first-order valence-electron chi connectivity index (χ1n) is 17.0. The summed E-state index contributed by atoms with van der Waals surface area (Å²) in [5, 5.41) is 64.6. The largest absolute Gasteiger partial charge is 0.507 e. The molecule has 53 heavy (non-hydrogen) atoms. The number of phenols is 1. The number of phenolic OH excluding ortho intramolecular Hbond substituents is 1. The molecular formula is C38H40O15. The number of Topliss-reactive ketones (excluding diaryl/α,β-unsaturated/α-hetero) is 3. The van der Waals surface area contributed by atoms with Crippen LogP contribution in [0.5, 0.6) is 5.75 Å². The zero-order chi connectivity index (χ0) is 38.8. The highest BCUT2D eigenvalue weighted by Gasteiger charge is 2.69. The number of carbonyl (C=O) groups is 5. The number of rotatable bonds is 7. The Hall–Kier alpha value is -4.61. The number of ketones is 3. The molecule has 2 aliphatic heterocycles. The van der Waals surface area contributed by atoms with Gasteiger partial charge in [0.05, 0.1) is 35.0 Å². The van der Waals surface area contributed by atoms with Crippen LogP contribution in [0.2, 0.25) is 0 Å². The summed E-state index contributed by atoms with van der Waals surface area (Å²) in [6.45, 7) is 5.79. The first-order valence-corrected chi connectivity index (χ1v) is 17.0. The molecule has 6 N–H and O–H groups in total. The van der Waals surface area contributed by atoms with Gasteiger partial charge in [-0.2, -0.15) is 0 Å². The highest BCUT2D eigenvalue weighted by atomic mass is 16.8. The fourth-order valence-corrected chi connectivity index (χ4v) is 7.59. The lowest BCUT2D eigenvalue weighted by atomic mass is 9.56. The van der Waals surface area contributed by atoms with Crippen LogP contribution >= 0.6 is 0 Å². The van der Waals surface area contributed by atoms with Crippen LogP contribution in [-0.2, 0) is 33.3 Å². The topological polar surface area (TPSA) is 244 Å². The molecular weight excluding hydrogens is 696 g/mol. The maximum absolute atomic E-state index is 13.8. The first-order chi connectivity index (χ1) is 24.8. The van der Waals surface area contributed by atoms with E-state index in [0.717, 1.165) is 19.1 Å². The van der Waals surface area contributed by atoms with Crippen LogP contribution in [0.4, 0.5) is 0 Å². The van der Waals surface area contributed by atoms with Gasteiger partial charge in [-0.25, -0.2) is 9.59 Å². The number of aliphatic hydroxyl groups excluding tert-OH is 1. The summed E-state index contributed by atoms with van der Waals surface area (Å²) in [4.78, 5) is 64.8. The Kier molecular flexibility index (Phi) is 9.61. The Bertz CT molecular complexity index is 1940. The van der Waals surface area contributed by atoms with Crippen molar-refractivity contribution in [3.63, 3.8) is 0 Å². The van der Waals surface area contributed by atoms with Crippen molar-refractivity contribution in [3.8, 4) is 5.75 Å². The number of carboxylic acids is 1. The molecule has 15 heteroatoms. The normalized spacial score (nSPS) is 38.5. The van der Waals surface area contributed by atoms with Gasteiger partial charge in [-0.05, 0) is 45.8 Å². The molecule has 0 bridgehead atoms. The molecule has 282 valence electrons. The predicted molar refractivity (Wildman–Crippen MR) is 180 cm³/mol. The fraction of sp³-hybridized carbons (Fsp3) is 0.447. The van der Waals surface area contributed by atoms with Gasteiger partial charge in [0.2, 0.25) is 5.78 Å². The van der Waals surface area contributed by atoms with Crippen LogP contribution in [0, 0.1) is 0 Å². The number of aromatic hydroxyl groups is 1. The summed E-state index contributed by atoms with van der Waals surface area (Å²) in [6.07, 6.45) is 5.66. The smallest absolute Gasteiger partial charge is 0.364 e. The van der Waals surface area contributed by atoms with E-state index in [1.807, 2.05) is 0 Å². The van der Waals surface area contributed by atoms with Crippen LogP contribution in [0.3, 0.4) is 0 Å². The summed E-state index contributed by atoms with van der Waals surface area (Å²) in [6, 6.07) is 2.61. The lowest BCUT2D eigenvalue weighted by Crippen LogP contribution is -2.74. The number of benzene rings is 1. The molecule has 2 saturated heterocycles. The number of fused-ring (bicyclic) bond motifs is 3. The minimum atomic E-state index is -3.05. The number of carboxylic acid groups (broad SMARTS) is 1. The molecule has 1 aromatic carbocycles. The van der Waals surface area contributed by atoms with Gasteiger partial charge >= 0.3 is 11.9 Å². The second kappa shape index (κ2) is 13.4. The van der Waals surface area contributed by atoms with E-state index >= 15 is 0 Å². The number of hydrogen-bond acceptors (Lipinski definition) is 14. The third-order valence-corrected chi connectivity index (χ3v) is 10.5. The number of allylic oxidation sites excluding steroid dienone is 6. The lowest BCUT2D eigenvalue weighted by Gasteiger charge is -2.53. The maximum Gasteiger partial charge on any atom is 0.364 e. The minimum absolute atomic E-state index is 0.176. The van der Waals surface area contributed by atoms with Gasteiger partial charge < -0.3 is 49.6 Å². The zero-order valence-electron chi connectivity index (χ0n) is 29.2. The monoisotopic (exact) mass is 736 g/mol. The molecule has 0 spiro atoms. The van der Waals surface area contributed by atoms with E-state index < -0.39 is 117 Å². The molecule has 1 saturated carbocycles. The summed E-state index contributed by atoms with van der Waals surface area (Å²) in [5.74, 6) is -7.54. The summed E-state index contributed by atoms with van der Waals surface area (Å²) in [5.41, 5.74) is -9.49. The number of aliphatic carboxylic acids is 1. The minimum Gasteiger partial charge on any atom is -0.507 e. The van der Waals surface area contributed by atoms with Gasteiger partial charge in [0, 0.05) is 36.1 Å². The predicted octanol–water partition coefficient (Wildman–Crippen LogP) is 1.61. The van der Waals surface area contributed by atoms with Crippen molar-refractivity contribution >= 4 is 29.3 Å². The summed E-state index contributed by atoms with van der Waals surface area (Å²) in [7, 11) is 0. The lowest BCUT2D eigenvalue weighted by molar-refractivity contribution is -0.209.